The van der Waals surface area contributed by atoms with E-state index in [2.05, 4.69) is 37.2 Å². The van der Waals surface area contributed by atoms with Crippen LogP contribution in [0.4, 0.5) is 5.69 Å². The molecule has 0 spiro atoms. The van der Waals surface area contributed by atoms with Crippen molar-refractivity contribution in [1.29, 1.82) is 0 Å². The lowest BCUT2D eigenvalue weighted by Gasteiger charge is -2.11. The number of nitrogens with one attached hydrogen (secondary N) is 1. The molecule has 1 N–H and O–H groups in total. The van der Waals surface area contributed by atoms with Gasteiger partial charge in [0.1, 0.15) is 0 Å². The third-order valence-corrected chi connectivity index (χ3v) is 5.00. The SMILES string of the molecule is Cc1ccc(Br)c(C(=O)Nc2cc(C)c(Br)c(C)c2)c1. The van der Waals surface area contributed by atoms with E-state index in [9.17, 15) is 4.79 Å². The maximum atomic E-state index is 12.3. The quantitative estimate of drug-likeness (QED) is 0.724. The van der Waals surface area contributed by atoms with Gasteiger partial charge in [-0.05, 0) is 72.1 Å². The van der Waals surface area contributed by atoms with E-state index in [4.69, 9.17) is 0 Å². The average Bonchev–Trinajstić information content (AvgIpc) is 2.38. The average molecular weight is 397 g/mol. The number of carbonyl (C=O) groups excluding carboxylic acids is 1. The molecule has 0 atom stereocenters. The van der Waals surface area contributed by atoms with E-state index >= 15 is 0 Å². The van der Waals surface area contributed by atoms with Crippen molar-refractivity contribution in [2.45, 2.75) is 20.8 Å². The van der Waals surface area contributed by atoms with E-state index in [0.29, 0.717) is 5.56 Å². The highest BCUT2D eigenvalue weighted by atomic mass is 79.9. The van der Waals surface area contributed by atoms with Gasteiger partial charge in [-0.1, -0.05) is 27.6 Å². The predicted octanol–water partition coefficient (Wildman–Crippen LogP) is 5.39. The van der Waals surface area contributed by atoms with Gasteiger partial charge in [0.25, 0.3) is 5.91 Å². The summed E-state index contributed by atoms with van der Waals surface area (Å²) in [6.45, 7) is 5.99. The van der Waals surface area contributed by atoms with Crippen molar-refractivity contribution < 1.29 is 4.79 Å². The number of anilines is 1. The maximum absolute atomic E-state index is 12.3. The summed E-state index contributed by atoms with van der Waals surface area (Å²) in [6, 6.07) is 9.65. The van der Waals surface area contributed by atoms with Crippen LogP contribution in [-0.2, 0) is 0 Å². The molecule has 2 nitrogen and oxygen atoms in total. The summed E-state index contributed by atoms with van der Waals surface area (Å²) in [6.07, 6.45) is 0. The lowest BCUT2D eigenvalue weighted by Crippen LogP contribution is -2.13. The Bertz CT molecular complexity index is 657. The van der Waals surface area contributed by atoms with Crippen LogP contribution in [0.25, 0.3) is 0 Å². The molecule has 2 aromatic carbocycles. The van der Waals surface area contributed by atoms with E-state index < -0.39 is 0 Å². The summed E-state index contributed by atoms with van der Waals surface area (Å²) in [5, 5.41) is 2.95. The third-order valence-electron chi connectivity index (χ3n) is 3.06. The number of carbonyl (C=O) groups is 1. The number of amides is 1. The Kier molecular flexibility index (Phi) is 4.66. The Morgan fingerprint density at radius 2 is 1.60 bits per heavy atom. The molecule has 20 heavy (non-hydrogen) atoms. The van der Waals surface area contributed by atoms with Crippen molar-refractivity contribution in [3.8, 4) is 0 Å². The second kappa shape index (κ2) is 6.10. The summed E-state index contributed by atoms with van der Waals surface area (Å²) in [7, 11) is 0. The van der Waals surface area contributed by atoms with E-state index in [1.807, 2.05) is 51.1 Å². The normalized spacial score (nSPS) is 10.4. The van der Waals surface area contributed by atoms with Crippen LogP contribution in [0.1, 0.15) is 27.0 Å². The molecule has 1 amide bonds. The van der Waals surface area contributed by atoms with Crippen molar-refractivity contribution in [3.05, 3.63) is 61.5 Å². The van der Waals surface area contributed by atoms with Gasteiger partial charge in [-0.3, -0.25) is 4.79 Å². The van der Waals surface area contributed by atoms with Gasteiger partial charge in [0.15, 0.2) is 0 Å². The topological polar surface area (TPSA) is 29.1 Å². The largest absolute Gasteiger partial charge is 0.322 e. The Morgan fingerprint density at radius 3 is 2.20 bits per heavy atom. The molecular weight excluding hydrogens is 382 g/mol. The van der Waals surface area contributed by atoms with E-state index in [0.717, 1.165) is 31.3 Å². The number of halogens is 2. The second-order valence-electron chi connectivity index (χ2n) is 4.86. The molecule has 0 radical (unpaired) electrons. The minimum Gasteiger partial charge on any atom is -0.322 e. The Morgan fingerprint density at radius 1 is 1.00 bits per heavy atom. The molecule has 0 aliphatic carbocycles. The van der Waals surface area contributed by atoms with Gasteiger partial charge >= 0.3 is 0 Å². The van der Waals surface area contributed by atoms with Crippen LogP contribution in [0.3, 0.4) is 0 Å². The number of aryl methyl sites for hydroxylation is 3. The van der Waals surface area contributed by atoms with Crippen LogP contribution >= 0.6 is 31.9 Å². The maximum Gasteiger partial charge on any atom is 0.256 e. The van der Waals surface area contributed by atoms with Crippen molar-refractivity contribution in [1.82, 2.24) is 0 Å². The van der Waals surface area contributed by atoms with E-state index in [1.54, 1.807) is 0 Å². The van der Waals surface area contributed by atoms with Crippen LogP contribution in [0.5, 0.6) is 0 Å². The molecule has 0 fully saturated rings. The summed E-state index contributed by atoms with van der Waals surface area (Å²) >= 11 is 6.94. The molecular formula is C16H15Br2NO. The van der Waals surface area contributed by atoms with Gasteiger partial charge in [0, 0.05) is 14.6 Å². The lowest BCUT2D eigenvalue weighted by atomic mass is 10.1. The standard InChI is InChI=1S/C16H15Br2NO/c1-9-4-5-14(17)13(6-9)16(20)19-12-7-10(2)15(18)11(3)8-12/h4-8H,1-3H3,(H,19,20). The Hall–Kier alpha value is -1.13. The van der Waals surface area contributed by atoms with Crippen LogP contribution in [0.2, 0.25) is 0 Å². The molecule has 0 aliphatic rings. The number of rotatable bonds is 2. The van der Waals surface area contributed by atoms with Crippen LogP contribution in [-0.4, -0.2) is 5.91 Å². The molecule has 0 saturated carbocycles. The molecule has 0 unspecified atom stereocenters. The molecule has 104 valence electrons. The first-order chi connectivity index (χ1) is 9.38. The highest BCUT2D eigenvalue weighted by molar-refractivity contribution is 9.10. The Balaban J connectivity index is 2.30. The summed E-state index contributed by atoms with van der Waals surface area (Å²) in [5.74, 6) is -0.110. The van der Waals surface area contributed by atoms with Gasteiger partial charge in [-0.25, -0.2) is 0 Å². The fourth-order valence-electron chi connectivity index (χ4n) is 2.03. The van der Waals surface area contributed by atoms with E-state index in [1.165, 1.54) is 0 Å². The van der Waals surface area contributed by atoms with Crippen molar-refractivity contribution >= 4 is 43.5 Å². The highest BCUT2D eigenvalue weighted by Gasteiger charge is 2.11. The molecule has 0 heterocycles. The van der Waals surface area contributed by atoms with Crippen LogP contribution in [0.15, 0.2) is 39.3 Å². The smallest absolute Gasteiger partial charge is 0.256 e. The first-order valence-corrected chi connectivity index (χ1v) is 7.81. The van der Waals surface area contributed by atoms with Crippen molar-refractivity contribution in [2.24, 2.45) is 0 Å². The summed E-state index contributed by atoms with van der Waals surface area (Å²) in [4.78, 5) is 12.3. The minimum absolute atomic E-state index is 0.110. The Labute approximate surface area is 135 Å². The third kappa shape index (κ3) is 3.30. The molecule has 2 aromatic rings. The minimum atomic E-state index is -0.110. The van der Waals surface area contributed by atoms with Gasteiger partial charge in [0.2, 0.25) is 0 Å². The zero-order valence-electron chi connectivity index (χ0n) is 11.6. The van der Waals surface area contributed by atoms with Crippen molar-refractivity contribution in [3.63, 3.8) is 0 Å². The predicted molar refractivity (Wildman–Crippen MR) is 90.4 cm³/mol. The number of benzene rings is 2. The zero-order valence-corrected chi connectivity index (χ0v) is 14.7. The van der Waals surface area contributed by atoms with Gasteiger partial charge in [0.05, 0.1) is 5.56 Å². The molecule has 4 heteroatoms. The van der Waals surface area contributed by atoms with Crippen LogP contribution in [0, 0.1) is 20.8 Å². The van der Waals surface area contributed by atoms with Gasteiger partial charge in [-0.15, -0.1) is 0 Å². The van der Waals surface area contributed by atoms with Crippen molar-refractivity contribution in [2.75, 3.05) is 5.32 Å². The first-order valence-electron chi connectivity index (χ1n) is 6.22. The summed E-state index contributed by atoms with van der Waals surface area (Å²) < 4.78 is 1.87. The molecule has 0 bridgehead atoms. The summed E-state index contributed by atoms with van der Waals surface area (Å²) in [5.41, 5.74) is 4.71. The van der Waals surface area contributed by atoms with Gasteiger partial charge in [-0.2, -0.15) is 0 Å². The molecule has 0 saturated heterocycles. The fourth-order valence-corrected chi connectivity index (χ4v) is 2.69. The first kappa shape index (κ1) is 15.3. The molecule has 2 rings (SSSR count). The number of hydrogen-bond donors (Lipinski definition) is 1. The zero-order chi connectivity index (χ0) is 14.9. The highest BCUT2D eigenvalue weighted by Crippen LogP contribution is 2.26. The fraction of sp³-hybridized carbons (Fsp3) is 0.188. The second-order valence-corrected chi connectivity index (χ2v) is 6.51. The monoisotopic (exact) mass is 395 g/mol. The van der Waals surface area contributed by atoms with Crippen LogP contribution < -0.4 is 5.32 Å². The number of hydrogen-bond acceptors (Lipinski definition) is 1. The van der Waals surface area contributed by atoms with E-state index in [-0.39, 0.29) is 5.91 Å². The van der Waals surface area contributed by atoms with Gasteiger partial charge < -0.3 is 5.32 Å². The molecule has 0 aromatic heterocycles. The molecule has 0 aliphatic heterocycles. The lowest BCUT2D eigenvalue weighted by molar-refractivity contribution is 0.102.